The van der Waals surface area contributed by atoms with Gasteiger partial charge >= 0.3 is 11.8 Å². The lowest BCUT2D eigenvalue weighted by atomic mass is 10.2. The smallest absolute Gasteiger partial charge is 0.444 e. The van der Waals surface area contributed by atoms with Crippen LogP contribution in [0.25, 0.3) is 17.2 Å². The van der Waals surface area contributed by atoms with E-state index in [-0.39, 0.29) is 40.6 Å². The number of hydrogen-bond donors (Lipinski definition) is 2. The molecule has 1 amide bonds. The number of carbonyl (C=O) groups is 1. The van der Waals surface area contributed by atoms with Crippen molar-refractivity contribution in [3.63, 3.8) is 0 Å². The summed E-state index contributed by atoms with van der Waals surface area (Å²) in [6, 6.07) is 3.15. The van der Waals surface area contributed by atoms with Gasteiger partial charge in [0.1, 0.15) is 17.1 Å². The van der Waals surface area contributed by atoms with Gasteiger partial charge in [0.05, 0.1) is 36.0 Å². The summed E-state index contributed by atoms with van der Waals surface area (Å²) in [5.74, 6) is -1.38. The molecule has 0 saturated heterocycles. The van der Waals surface area contributed by atoms with Crippen LogP contribution in [0.15, 0.2) is 36.6 Å². The number of aliphatic hydroxyl groups excluding tert-OH is 1. The van der Waals surface area contributed by atoms with E-state index in [0.717, 1.165) is 4.57 Å². The van der Waals surface area contributed by atoms with E-state index in [9.17, 15) is 19.1 Å². The van der Waals surface area contributed by atoms with E-state index < -0.39 is 35.9 Å². The van der Waals surface area contributed by atoms with Gasteiger partial charge in [0.25, 0.3) is 0 Å². The highest BCUT2D eigenvalue weighted by molar-refractivity contribution is 9.10. The molecule has 0 aliphatic rings. The fourth-order valence-electron chi connectivity index (χ4n) is 2.63. The molecule has 1 aromatic carbocycles. The number of halogens is 2. The highest BCUT2D eigenvalue weighted by Crippen LogP contribution is 2.24. The van der Waals surface area contributed by atoms with Crippen molar-refractivity contribution >= 4 is 22.0 Å². The molecule has 12 nitrogen and oxygen atoms in total. The van der Waals surface area contributed by atoms with E-state index in [0.29, 0.717) is 0 Å². The van der Waals surface area contributed by atoms with E-state index >= 15 is 0 Å². The highest BCUT2D eigenvalue weighted by Gasteiger charge is 2.24. The largest absolute Gasteiger partial charge is 0.446 e. The van der Waals surface area contributed by atoms with Crippen LogP contribution >= 0.6 is 15.9 Å². The zero-order valence-corrected chi connectivity index (χ0v) is 19.5. The first-order valence-electron chi connectivity index (χ1n) is 9.63. The monoisotopic (exact) mass is 529 g/mol. The molecule has 0 fully saturated rings. The van der Waals surface area contributed by atoms with E-state index in [1.54, 1.807) is 20.8 Å². The van der Waals surface area contributed by atoms with Crippen LogP contribution in [0, 0.1) is 5.82 Å². The maximum atomic E-state index is 13.6. The average molecular weight is 530 g/mol. The Kier molecular flexibility index (Phi) is 7.61. The Bertz CT molecular complexity index is 1170. The first kappa shape index (κ1) is 24.5. The van der Waals surface area contributed by atoms with Crippen molar-refractivity contribution in [1.29, 1.82) is 0 Å². The Morgan fingerprint density at radius 3 is 2.76 bits per heavy atom. The summed E-state index contributed by atoms with van der Waals surface area (Å²) in [6.07, 6.45) is -0.703. The molecule has 0 spiro atoms. The molecule has 1 unspecified atom stereocenters. The minimum Gasteiger partial charge on any atom is -0.444 e. The number of amides is 1. The van der Waals surface area contributed by atoms with Gasteiger partial charge in [-0.3, -0.25) is 4.52 Å². The summed E-state index contributed by atoms with van der Waals surface area (Å²) in [5, 5.41) is 23.2. The van der Waals surface area contributed by atoms with Crippen LogP contribution in [-0.4, -0.2) is 56.1 Å². The van der Waals surface area contributed by atoms with E-state index in [1.165, 1.54) is 18.2 Å². The van der Waals surface area contributed by atoms with Gasteiger partial charge in [-0.2, -0.15) is 0 Å². The molecular formula is C19H21BrFN5O7. The van der Waals surface area contributed by atoms with Crippen molar-refractivity contribution in [2.45, 2.75) is 39.0 Å². The quantitative estimate of drug-likeness (QED) is 0.443. The number of alkyl carbamates (subject to hydrolysis) is 1. The molecule has 1 atom stereocenters. The van der Waals surface area contributed by atoms with E-state index in [1.807, 2.05) is 0 Å². The number of aromatic nitrogens is 4. The molecule has 2 N–H and O–H groups in total. The average Bonchev–Trinajstić information content (AvgIpc) is 3.34. The Morgan fingerprint density at radius 2 is 2.09 bits per heavy atom. The standard InChI is InChI=1S/C19H21BrFN5O7/c1-19(2,3)31-17(28)22-10(7-27)8-30-9-14-15(24-33-23-14)16-25-32-18(29)26(16)11-4-5-13(21)12(20)6-11/h4-6,10,27H,7-9H2,1-3H3,(H,22,28). The van der Waals surface area contributed by atoms with E-state index in [4.69, 9.17) is 18.6 Å². The van der Waals surface area contributed by atoms with Gasteiger partial charge in [-0.25, -0.2) is 23.2 Å². The minimum absolute atomic E-state index is 0.0380. The first-order chi connectivity index (χ1) is 15.6. The molecule has 14 heteroatoms. The SMILES string of the molecule is CC(C)(C)OC(=O)NC(CO)COCc1nonc1-c1noc(=O)n1-c1ccc(F)c(Br)c1. The lowest BCUT2D eigenvalue weighted by Crippen LogP contribution is -2.43. The molecule has 0 aliphatic heterocycles. The van der Waals surface area contributed by atoms with Crippen LogP contribution in [0.1, 0.15) is 26.5 Å². The first-order valence-corrected chi connectivity index (χ1v) is 10.4. The number of nitrogens with zero attached hydrogens (tertiary/aromatic N) is 4. The van der Waals surface area contributed by atoms with Gasteiger partial charge in [-0.1, -0.05) is 10.3 Å². The molecule has 3 rings (SSSR count). The third-order valence-corrected chi connectivity index (χ3v) is 4.64. The second-order valence-electron chi connectivity index (χ2n) is 7.81. The predicted octanol–water partition coefficient (Wildman–Crippen LogP) is 2.18. The Labute approximate surface area is 194 Å². The van der Waals surface area contributed by atoms with Crippen LogP contribution in [0.3, 0.4) is 0 Å². The Hall–Kier alpha value is -3.10. The predicted molar refractivity (Wildman–Crippen MR) is 113 cm³/mol. The summed E-state index contributed by atoms with van der Waals surface area (Å²) in [4.78, 5) is 24.1. The molecule has 33 heavy (non-hydrogen) atoms. The van der Waals surface area contributed by atoms with Crippen LogP contribution in [0.5, 0.6) is 0 Å². The number of ether oxygens (including phenoxy) is 2. The zero-order valence-electron chi connectivity index (χ0n) is 17.9. The summed E-state index contributed by atoms with van der Waals surface area (Å²) >= 11 is 3.06. The highest BCUT2D eigenvalue weighted by atomic mass is 79.9. The number of rotatable bonds is 8. The molecule has 0 saturated carbocycles. The summed E-state index contributed by atoms with van der Waals surface area (Å²) < 4.78 is 35.0. The molecule has 178 valence electrons. The molecule has 0 bridgehead atoms. The molecule has 3 aromatic rings. The van der Waals surface area contributed by atoms with Crippen LogP contribution in [-0.2, 0) is 16.1 Å². The lowest BCUT2D eigenvalue weighted by molar-refractivity contribution is 0.0361. The molecule has 0 aliphatic carbocycles. The number of benzene rings is 1. The summed E-state index contributed by atoms with van der Waals surface area (Å²) in [6.45, 7) is 4.50. The lowest BCUT2D eigenvalue weighted by Gasteiger charge is -2.22. The number of carbonyl (C=O) groups excluding carboxylic acids is 1. The van der Waals surface area contributed by atoms with Crippen molar-refractivity contribution < 1.29 is 32.9 Å². The maximum absolute atomic E-state index is 13.6. The summed E-state index contributed by atoms with van der Waals surface area (Å²) in [5.41, 5.74) is -0.199. The third-order valence-electron chi connectivity index (χ3n) is 4.03. The number of hydrogen-bond acceptors (Lipinski definition) is 10. The van der Waals surface area contributed by atoms with Crippen LogP contribution < -0.4 is 11.1 Å². The zero-order chi connectivity index (χ0) is 24.2. The second-order valence-corrected chi connectivity index (χ2v) is 8.66. The number of nitrogens with one attached hydrogen (secondary N) is 1. The van der Waals surface area contributed by atoms with Gasteiger partial charge in [-0.05, 0) is 60.1 Å². The van der Waals surface area contributed by atoms with Gasteiger partial charge < -0.3 is 19.9 Å². The molecule has 2 aromatic heterocycles. The van der Waals surface area contributed by atoms with Gasteiger partial charge in [-0.15, -0.1) is 0 Å². The van der Waals surface area contributed by atoms with Gasteiger partial charge in [0.15, 0.2) is 5.69 Å². The fourth-order valence-corrected chi connectivity index (χ4v) is 3.00. The van der Waals surface area contributed by atoms with Crippen molar-refractivity contribution in [3.05, 3.63) is 44.7 Å². The minimum atomic E-state index is -0.833. The van der Waals surface area contributed by atoms with Gasteiger partial charge in [0.2, 0.25) is 5.82 Å². The molecule has 0 radical (unpaired) electrons. The number of aliphatic hydroxyl groups is 1. The Balaban J connectivity index is 1.72. The topological polar surface area (TPSA) is 155 Å². The fraction of sp³-hybridized carbons (Fsp3) is 0.421. The molecule has 2 heterocycles. The van der Waals surface area contributed by atoms with Gasteiger partial charge in [0, 0.05) is 0 Å². The summed E-state index contributed by atoms with van der Waals surface area (Å²) in [7, 11) is 0. The third kappa shape index (κ3) is 6.24. The normalized spacial score (nSPS) is 12.5. The van der Waals surface area contributed by atoms with Crippen molar-refractivity contribution in [2.75, 3.05) is 13.2 Å². The van der Waals surface area contributed by atoms with Crippen molar-refractivity contribution in [1.82, 2.24) is 25.4 Å². The van der Waals surface area contributed by atoms with Crippen molar-refractivity contribution in [2.24, 2.45) is 0 Å². The van der Waals surface area contributed by atoms with Crippen LogP contribution in [0.4, 0.5) is 9.18 Å². The van der Waals surface area contributed by atoms with Crippen LogP contribution in [0.2, 0.25) is 0 Å². The molecular weight excluding hydrogens is 509 g/mol. The second kappa shape index (κ2) is 10.2. The van der Waals surface area contributed by atoms with Crippen molar-refractivity contribution in [3.8, 4) is 17.2 Å². The Morgan fingerprint density at radius 1 is 1.33 bits per heavy atom. The van der Waals surface area contributed by atoms with E-state index in [2.05, 4.69) is 36.7 Å². The maximum Gasteiger partial charge on any atom is 0.446 e.